The third-order valence-corrected chi connectivity index (χ3v) is 8.63. The van der Waals surface area contributed by atoms with Gasteiger partial charge in [0.25, 0.3) is 0 Å². The summed E-state index contributed by atoms with van der Waals surface area (Å²) in [7, 11) is 2.08. The number of hydrogen-bond donors (Lipinski definition) is 0. The van der Waals surface area contributed by atoms with Crippen molar-refractivity contribution in [2.45, 2.75) is 59.3 Å². The van der Waals surface area contributed by atoms with E-state index in [1.54, 1.807) is 0 Å². The number of para-hydroxylation sites is 1. The molecule has 1 aliphatic rings. The molecule has 0 aliphatic carbocycles. The van der Waals surface area contributed by atoms with Gasteiger partial charge in [-0.25, -0.2) is 4.98 Å². The van der Waals surface area contributed by atoms with Gasteiger partial charge >= 0.3 is 0 Å². The van der Waals surface area contributed by atoms with Gasteiger partial charge in [0.15, 0.2) is 0 Å². The normalized spacial score (nSPS) is 13.3. The number of benzene rings is 4. The van der Waals surface area contributed by atoms with Crippen molar-refractivity contribution in [3.8, 4) is 17.3 Å². The number of rotatable bonds is 4. The standard InChI is InChI=1S/C40H39N4O.Pt/c1-26-13-16-35-37(19-26)42(8)25-43(35)29-20-28(40(5,6)7)21-31(23-29)45-30-14-15-33-32-11-9-10-12-34(32)44(36(33)24-30)38-22-27(17-18-41-38)39(2,3)4;/h9-22,25H,1-8H3;/q-3;. The predicted octanol–water partition coefficient (Wildman–Crippen LogP) is 10.2. The van der Waals surface area contributed by atoms with E-state index < -0.39 is 0 Å². The molecule has 46 heavy (non-hydrogen) atoms. The first-order valence-corrected chi connectivity index (χ1v) is 15.5. The fourth-order valence-corrected chi connectivity index (χ4v) is 6.05. The van der Waals surface area contributed by atoms with Gasteiger partial charge in [0.2, 0.25) is 0 Å². The van der Waals surface area contributed by atoms with Crippen molar-refractivity contribution in [1.82, 2.24) is 9.55 Å². The van der Waals surface area contributed by atoms with Crippen molar-refractivity contribution in [2.75, 3.05) is 16.8 Å². The zero-order chi connectivity index (χ0) is 31.7. The van der Waals surface area contributed by atoms with Crippen LogP contribution in [0.5, 0.6) is 11.5 Å². The molecule has 0 saturated carbocycles. The van der Waals surface area contributed by atoms with Crippen molar-refractivity contribution in [2.24, 2.45) is 0 Å². The zero-order valence-electron chi connectivity index (χ0n) is 27.7. The van der Waals surface area contributed by atoms with Crippen molar-refractivity contribution in [3.05, 3.63) is 121 Å². The van der Waals surface area contributed by atoms with Gasteiger partial charge in [-0.2, -0.15) is 12.7 Å². The Morgan fingerprint density at radius 1 is 0.739 bits per heavy atom. The first-order chi connectivity index (χ1) is 21.4. The predicted molar refractivity (Wildman–Crippen MR) is 186 cm³/mol. The third kappa shape index (κ3) is 5.71. The minimum Gasteiger partial charge on any atom is -0.509 e. The molecule has 0 spiro atoms. The van der Waals surface area contributed by atoms with Gasteiger partial charge in [-0.15, -0.1) is 47.0 Å². The summed E-state index contributed by atoms with van der Waals surface area (Å²) in [6, 6.07) is 34.9. The van der Waals surface area contributed by atoms with Crippen molar-refractivity contribution in [3.63, 3.8) is 0 Å². The van der Waals surface area contributed by atoms with Crippen molar-refractivity contribution in [1.29, 1.82) is 0 Å². The summed E-state index contributed by atoms with van der Waals surface area (Å²) in [4.78, 5) is 9.16. The van der Waals surface area contributed by atoms with Gasteiger partial charge in [0, 0.05) is 55.7 Å². The van der Waals surface area contributed by atoms with Crippen LogP contribution in [-0.2, 0) is 31.9 Å². The topological polar surface area (TPSA) is 33.5 Å². The SMILES string of the molecule is Cc1ccc2c(c1)N(C)[CH-]N2c1[c-]c(Oc2[c-]c3c(cc2)c2ccccc2n3-c2cc(C(C)(C)C)ccn2)cc(C(C)(C)C)c1.[Pt]. The molecule has 5 nitrogen and oxygen atoms in total. The number of nitrogens with zero attached hydrogens (tertiary/aromatic N) is 4. The van der Waals surface area contributed by atoms with Crippen molar-refractivity contribution < 1.29 is 25.8 Å². The Labute approximate surface area is 287 Å². The molecule has 0 amide bonds. The average Bonchev–Trinajstić information content (AvgIpc) is 3.50. The Morgan fingerprint density at radius 3 is 2.26 bits per heavy atom. The summed E-state index contributed by atoms with van der Waals surface area (Å²) in [5.74, 6) is 2.15. The molecule has 3 heterocycles. The van der Waals surface area contributed by atoms with Gasteiger partial charge < -0.3 is 19.1 Å². The molecular weight excluding hydrogens is 748 g/mol. The molecule has 6 aromatic rings. The van der Waals surface area contributed by atoms with E-state index in [1.165, 1.54) is 22.4 Å². The number of anilines is 3. The molecule has 0 saturated heterocycles. The van der Waals surface area contributed by atoms with Gasteiger partial charge in [-0.1, -0.05) is 71.3 Å². The van der Waals surface area contributed by atoms with Gasteiger partial charge in [0.1, 0.15) is 5.82 Å². The van der Waals surface area contributed by atoms with E-state index in [0.29, 0.717) is 11.5 Å². The molecule has 1 aliphatic heterocycles. The Hall–Kier alpha value is -4.08. The monoisotopic (exact) mass is 786 g/mol. The fourth-order valence-electron chi connectivity index (χ4n) is 6.05. The summed E-state index contributed by atoms with van der Waals surface area (Å²) >= 11 is 0. The molecule has 4 aromatic carbocycles. The minimum absolute atomic E-state index is 0. The summed E-state index contributed by atoms with van der Waals surface area (Å²) in [6.45, 7) is 17.6. The van der Waals surface area contributed by atoms with Crippen LogP contribution in [0.3, 0.4) is 0 Å². The van der Waals surface area contributed by atoms with Crippen LogP contribution in [0.1, 0.15) is 58.2 Å². The van der Waals surface area contributed by atoms with E-state index in [0.717, 1.165) is 39.0 Å². The number of fused-ring (bicyclic) bond motifs is 4. The molecule has 0 atom stereocenters. The first-order valence-electron chi connectivity index (χ1n) is 15.5. The Balaban J connectivity index is 0.00000372. The van der Waals surface area contributed by atoms with E-state index in [1.807, 2.05) is 12.3 Å². The number of pyridine rings is 1. The maximum absolute atomic E-state index is 6.62. The summed E-state index contributed by atoms with van der Waals surface area (Å²) in [5.41, 5.74) is 8.79. The van der Waals surface area contributed by atoms with Crippen LogP contribution in [0.25, 0.3) is 27.6 Å². The molecule has 0 radical (unpaired) electrons. The number of aryl methyl sites for hydroxylation is 1. The second-order valence-electron chi connectivity index (χ2n) is 14.1. The largest absolute Gasteiger partial charge is 0.509 e. The molecule has 0 bridgehead atoms. The molecule has 6 heteroatoms. The summed E-state index contributed by atoms with van der Waals surface area (Å²) in [6.07, 6.45) is 1.90. The van der Waals surface area contributed by atoms with Crippen LogP contribution < -0.4 is 14.5 Å². The fraction of sp³-hybridized carbons (Fsp3) is 0.250. The second-order valence-corrected chi connectivity index (χ2v) is 14.1. The molecule has 238 valence electrons. The van der Waals surface area contributed by atoms with Crippen LogP contribution in [-0.4, -0.2) is 16.6 Å². The zero-order valence-corrected chi connectivity index (χ0v) is 29.9. The Bertz CT molecular complexity index is 2080. The van der Waals surface area contributed by atoms with Crippen LogP contribution >= 0.6 is 0 Å². The van der Waals surface area contributed by atoms with Crippen LogP contribution in [0.4, 0.5) is 17.1 Å². The molecule has 2 aromatic heterocycles. The second kappa shape index (κ2) is 11.6. The van der Waals surface area contributed by atoms with Gasteiger partial charge in [0.05, 0.1) is 0 Å². The third-order valence-electron chi connectivity index (χ3n) is 8.63. The molecular formula is C40H39N4OPt-3. The maximum Gasteiger partial charge on any atom is 0.135 e. The number of aromatic nitrogens is 2. The molecule has 7 rings (SSSR count). The van der Waals surface area contributed by atoms with Gasteiger partial charge in [-0.3, -0.25) is 0 Å². The first kappa shape index (κ1) is 31.9. The number of ether oxygens (including phenoxy) is 1. The Morgan fingerprint density at radius 2 is 1.50 bits per heavy atom. The molecule has 0 fully saturated rings. The van der Waals surface area contributed by atoms with E-state index in [4.69, 9.17) is 9.72 Å². The van der Waals surface area contributed by atoms with E-state index in [9.17, 15) is 0 Å². The maximum atomic E-state index is 6.62. The smallest absolute Gasteiger partial charge is 0.135 e. The summed E-state index contributed by atoms with van der Waals surface area (Å²) in [5, 5.41) is 2.26. The molecule has 0 unspecified atom stereocenters. The van der Waals surface area contributed by atoms with E-state index in [2.05, 4.69) is 161 Å². The van der Waals surface area contributed by atoms with Gasteiger partial charge in [-0.05, 0) is 71.6 Å². The van der Waals surface area contributed by atoms with Crippen molar-refractivity contribution >= 4 is 38.9 Å². The average molecular weight is 787 g/mol. The minimum atomic E-state index is -0.0898. The number of hydrogen-bond acceptors (Lipinski definition) is 4. The molecule has 0 N–H and O–H groups in total. The van der Waals surface area contributed by atoms with Crippen LogP contribution in [0.15, 0.2) is 85.1 Å². The summed E-state index contributed by atoms with van der Waals surface area (Å²) < 4.78 is 8.82. The van der Waals surface area contributed by atoms with Crippen LogP contribution in [0, 0.1) is 25.7 Å². The quantitative estimate of drug-likeness (QED) is 0.167. The van der Waals surface area contributed by atoms with E-state index >= 15 is 0 Å². The van der Waals surface area contributed by atoms with E-state index in [-0.39, 0.29) is 31.9 Å². The van der Waals surface area contributed by atoms with Crippen LogP contribution in [0.2, 0.25) is 0 Å². The Kier molecular flexibility index (Phi) is 8.05.